The number of aliphatic hydroxyl groups excluding tert-OH is 1. The summed E-state index contributed by atoms with van der Waals surface area (Å²) in [5, 5.41) is 32.0. The zero-order valence-electron chi connectivity index (χ0n) is 11.2. The number of likely N-dealkylation sites (tertiary alicyclic amines) is 1. The highest BCUT2D eigenvalue weighted by Gasteiger charge is 2.69. The largest absolute Gasteiger partial charge is 0.494 e. The lowest BCUT2D eigenvalue weighted by Crippen LogP contribution is -3.18. The minimum atomic E-state index is -1.57. The van der Waals surface area contributed by atoms with Crippen LogP contribution in [0.1, 0.15) is 12.8 Å². The zero-order chi connectivity index (χ0) is 15.0. The van der Waals surface area contributed by atoms with Crippen LogP contribution in [0, 0.1) is 20.2 Å². The van der Waals surface area contributed by atoms with Gasteiger partial charge in [-0.3, -0.25) is 20.2 Å². The van der Waals surface area contributed by atoms with Crippen LogP contribution in [0.4, 0.5) is 0 Å². The van der Waals surface area contributed by atoms with Crippen LogP contribution < -0.4 is 4.90 Å². The van der Waals surface area contributed by atoms with Crippen molar-refractivity contribution in [1.29, 1.82) is 0 Å². The smallest absolute Gasteiger partial charge is 0.331 e. The molecular weight excluding hydrogens is 270 g/mol. The SMILES string of the molecule is COC1=CC[C@@]2([N+](=O)[O-])C[NH+](CCO)C[C@]1([N+](=O)[O-])C2. The standard InChI is InChI=1S/C11H17N3O6/c1-20-9-2-3-10(13(16)17)6-11(9,14(18)19)8-12(7-10)4-5-15/h2,15H,3-8H2,1H3/p+1/t10-,11+/m0/s1. The van der Waals surface area contributed by atoms with Gasteiger partial charge in [0.15, 0.2) is 12.3 Å². The van der Waals surface area contributed by atoms with Gasteiger partial charge >= 0.3 is 5.54 Å². The number of nitrogens with zero attached hydrogens (tertiary/aromatic N) is 2. The number of hydrogen-bond donors (Lipinski definition) is 2. The molecule has 1 aliphatic carbocycles. The molecule has 1 unspecified atom stereocenters. The zero-order valence-corrected chi connectivity index (χ0v) is 11.2. The third-order valence-electron chi connectivity index (χ3n) is 4.29. The summed E-state index contributed by atoms with van der Waals surface area (Å²) in [5.74, 6) is 0.190. The van der Waals surface area contributed by atoms with Gasteiger partial charge in [-0.1, -0.05) is 0 Å². The lowest BCUT2D eigenvalue weighted by Gasteiger charge is -2.42. The molecule has 0 radical (unpaired) electrons. The first-order valence-electron chi connectivity index (χ1n) is 6.38. The highest BCUT2D eigenvalue weighted by atomic mass is 16.6. The van der Waals surface area contributed by atoms with Gasteiger partial charge in [0.05, 0.1) is 13.7 Å². The number of methoxy groups -OCH3 is 1. The lowest BCUT2D eigenvalue weighted by molar-refractivity contribution is -0.944. The van der Waals surface area contributed by atoms with Crippen LogP contribution in [-0.2, 0) is 4.74 Å². The number of fused-ring (bicyclic) bond motifs is 2. The Morgan fingerprint density at radius 3 is 2.60 bits per heavy atom. The average Bonchev–Trinajstić information content (AvgIpc) is 2.38. The van der Waals surface area contributed by atoms with Crippen LogP contribution in [0.15, 0.2) is 11.8 Å². The summed E-state index contributed by atoms with van der Waals surface area (Å²) in [4.78, 5) is 22.8. The molecule has 9 heteroatoms. The van der Waals surface area contributed by atoms with Gasteiger partial charge in [0.2, 0.25) is 0 Å². The molecule has 0 amide bonds. The molecule has 9 nitrogen and oxygen atoms in total. The highest BCUT2D eigenvalue weighted by molar-refractivity contribution is 5.20. The van der Waals surface area contributed by atoms with Gasteiger partial charge < -0.3 is 14.7 Å². The monoisotopic (exact) mass is 288 g/mol. The van der Waals surface area contributed by atoms with E-state index in [0.717, 1.165) is 0 Å². The normalized spacial score (nSPS) is 36.1. The second kappa shape index (κ2) is 4.98. The van der Waals surface area contributed by atoms with Crippen LogP contribution in [-0.4, -0.2) is 59.4 Å². The minimum Gasteiger partial charge on any atom is -0.494 e. The van der Waals surface area contributed by atoms with Crippen molar-refractivity contribution in [2.24, 2.45) is 0 Å². The van der Waals surface area contributed by atoms with E-state index >= 15 is 0 Å². The molecule has 1 aliphatic heterocycles. The fraction of sp³-hybridized carbons (Fsp3) is 0.818. The summed E-state index contributed by atoms with van der Waals surface area (Å²) in [6.07, 6.45) is 1.44. The van der Waals surface area contributed by atoms with Crippen LogP contribution in [0.5, 0.6) is 0 Å². The summed E-state index contributed by atoms with van der Waals surface area (Å²) in [6, 6.07) is 0. The van der Waals surface area contributed by atoms with E-state index in [1.54, 1.807) is 0 Å². The van der Waals surface area contributed by atoms with Gasteiger partial charge in [-0.05, 0) is 6.08 Å². The maximum Gasteiger partial charge on any atom is 0.331 e. The Balaban J connectivity index is 2.49. The number of quaternary nitrogens is 1. The van der Waals surface area contributed by atoms with E-state index in [1.807, 2.05) is 0 Å². The van der Waals surface area contributed by atoms with E-state index in [4.69, 9.17) is 9.84 Å². The molecule has 2 aliphatic rings. The van der Waals surface area contributed by atoms with Crippen molar-refractivity contribution < 1.29 is 24.6 Å². The summed E-state index contributed by atoms with van der Waals surface area (Å²) < 4.78 is 5.11. The van der Waals surface area contributed by atoms with Crippen molar-refractivity contribution in [3.8, 4) is 0 Å². The molecule has 0 saturated carbocycles. The molecule has 0 aromatic heterocycles. The Morgan fingerprint density at radius 1 is 1.40 bits per heavy atom. The molecule has 2 N–H and O–H groups in total. The molecule has 2 bridgehead atoms. The first kappa shape index (κ1) is 14.7. The summed E-state index contributed by atoms with van der Waals surface area (Å²) in [7, 11) is 1.34. The minimum absolute atomic E-state index is 0.0931. The Kier molecular flexibility index (Phi) is 3.65. The molecular formula is C11H18N3O6+. The number of nitro groups is 2. The van der Waals surface area contributed by atoms with E-state index < -0.39 is 20.9 Å². The third kappa shape index (κ3) is 2.02. The van der Waals surface area contributed by atoms with Crippen molar-refractivity contribution >= 4 is 0 Å². The molecule has 3 atom stereocenters. The van der Waals surface area contributed by atoms with Crippen LogP contribution >= 0.6 is 0 Å². The number of aliphatic hydroxyl groups is 1. The lowest BCUT2D eigenvalue weighted by atomic mass is 9.71. The fourth-order valence-corrected chi connectivity index (χ4v) is 3.43. The molecule has 1 fully saturated rings. The molecule has 20 heavy (non-hydrogen) atoms. The number of nitrogens with one attached hydrogen (secondary N) is 1. The van der Waals surface area contributed by atoms with E-state index in [0.29, 0.717) is 4.90 Å². The van der Waals surface area contributed by atoms with Gasteiger partial charge in [0.1, 0.15) is 19.5 Å². The quantitative estimate of drug-likeness (QED) is 0.456. The highest BCUT2D eigenvalue weighted by Crippen LogP contribution is 2.40. The van der Waals surface area contributed by atoms with Crippen molar-refractivity contribution in [3.63, 3.8) is 0 Å². The maximum atomic E-state index is 11.6. The molecule has 1 saturated heterocycles. The van der Waals surface area contributed by atoms with Gasteiger partial charge in [0.25, 0.3) is 5.54 Å². The van der Waals surface area contributed by atoms with E-state index in [1.165, 1.54) is 13.2 Å². The Morgan fingerprint density at radius 2 is 2.10 bits per heavy atom. The third-order valence-corrected chi connectivity index (χ3v) is 4.29. The first-order chi connectivity index (χ1) is 9.40. The Bertz CT molecular complexity index is 467. The van der Waals surface area contributed by atoms with Crippen molar-refractivity contribution in [3.05, 3.63) is 32.1 Å². The molecule has 0 aromatic rings. The maximum absolute atomic E-state index is 11.6. The molecule has 112 valence electrons. The fourth-order valence-electron chi connectivity index (χ4n) is 3.43. The topological polar surface area (TPSA) is 120 Å². The van der Waals surface area contributed by atoms with E-state index in [9.17, 15) is 20.2 Å². The van der Waals surface area contributed by atoms with Crippen LogP contribution in [0.2, 0.25) is 0 Å². The predicted octanol–water partition coefficient (Wildman–Crippen LogP) is -1.77. The molecule has 0 spiro atoms. The van der Waals surface area contributed by atoms with Gasteiger partial charge in [-0.2, -0.15) is 0 Å². The number of hydrogen-bond acceptors (Lipinski definition) is 6. The van der Waals surface area contributed by atoms with Crippen LogP contribution in [0.25, 0.3) is 0 Å². The molecule has 0 aromatic carbocycles. The van der Waals surface area contributed by atoms with Gasteiger partial charge in [-0.25, -0.2) is 0 Å². The Hall–Kier alpha value is -1.74. The molecule has 1 heterocycles. The van der Waals surface area contributed by atoms with Crippen LogP contribution in [0.3, 0.4) is 0 Å². The summed E-state index contributed by atoms with van der Waals surface area (Å²) >= 11 is 0. The van der Waals surface area contributed by atoms with Gasteiger partial charge in [-0.15, -0.1) is 0 Å². The number of ether oxygens (including phenoxy) is 1. The van der Waals surface area contributed by atoms with Gasteiger partial charge in [0, 0.05) is 16.3 Å². The number of rotatable bonds is 5. The van der Waals surface area contributed by atoms with Crippen molar-refractivity contribution in [1.82, 2.24) is 0 Å². The second-order valence-electron chi connectivity index (χ2n) is 5.50. The molecule has 2 rings (SSSR count). The predicted molar refractivity (Wildman–Crippen MR) is 66.4 cm³/mol. The number of piperidine rings is 1. The van der Waals surface area contributed by atoms with E-state index in [-0.39, 0.29) is 44.8 Å². The average molecular weight is 288 g/mol. The first-order valence-corrected chi connectivity index (χ1v) is 6.38. The van der Waals surface area contributed by atoms with E-state index in [2.05, 4.69) is 0 Å². The van der Waals surface area contributed by atoms with Crippen molar-refractivity contribution in [2.45, 2.75) is 23.9 Å². The summed E-state index contributed by atoms with van der Waals surface area (Å²) in [6.45, 7) is 0.366. The van der Waals surface area contributed by atoms with Crippen molar-refractivity contribution in [2.75, 3.05) is 33.4 Å². The summed E-state index contributed by atoms with van der Waals surface area (Å²) in [5.41, 5.74) is -2.92. The second-order valence-corrected chi connectivity index (χ2v) is 5.50. The Labute approximate surface area is 115 Å².